The minimum absolute atomic E-state index is 0.291. The third-order valence-corrected chi connectivity index (χ3v) is 4.79. The molecule has 118 valence electrons. The molecule has 1 heterocycles. The zero-order valence-electron chi connectivity index (χ0n) is 13.5. The first-order chi connectivity index (χ1) is 12.3. The Morgan fingerprint density at radius 2 is 1.40 bits per heavy atom. The average molecular weight is 321 g/mol. The Balaban J connectivity index is 2.01. The molecule has 0 fully saturated rings. The van der Waals surface area contributed by atoms with Gasteiger partial charge in [-0.15, -0.1) is 0 Å². The van der Waals surface area contributed by atoms with Gasteiger partial charge in [0.2, 0.25) is 0 Å². The van der Waals surface area contributed by atoms with Gasteiger partial charge in [-0.25, -0.2) is 0 Å². The number of aromatic nitrogens is 1. The van der Waals surface area contributed by atoms with Gasteiger partial charge in [-0.1, -0.05) is 66.7 Å². The first kappa shape index (κ1) is 14.0. The topological polar surface area (TPSA) is 33.1 Å². The van der Waals surface area contributed by atoms with Crippen LogP contribution in [0.4, 0.5) is 0 Å². The van der Waals surface area contributed by atoms with E-state index in [1.807, 2.05) is 36.5 Å². The van der Waals surface area contributed by atoms with E-state index in [-0.39, 0.29) is 0 Å². The van der Waals surface area contributed by atoms with Crippen LogP contribution in [0.15, 0.2) is 85.1 Å². The summed E-state index contributed by atoms with van der Waals surface area (Å²) < 4.78 is 0. The highest BCUT2D eigenvalue weighted by Gasteiger charge is 2.14. The van der Waals surface area contributed by atoms with Gasteiger partial charge >= 0.3 is 0 Å². The molecular weight excluding hydrogens is 306 g/mol. The third-order valence-electron chi connectivity index (χ3n) is 4.79. The van der Waals surface area contributed by atoms with Gasteiger partial charge in [0.25, 0.3) is 0 Å². The minimum atomic E-state index is 0.291. The van der Waals surface area contributed by atoms with Crippen molar-refractivity contribution >= 4 is 32.4 Å². The second-order valence-corrected chi connectivity index (χ2v) is 6.23. The van der Waals surface area contributed by atoms with Gasteiger partial charge < -0.3 is 5.11 Å². The molecule has 0 amide bonds. The molecule has 5 aromatic rings. The van der Waals surface area contributed by atoms with Crippen molar-refractivity contribution in [3.05, 3.63) is 85.1 Å². The highest BCUT2D eigenvalue weighted by molar-refractivity contribution is 6.16. The fourth-order valence-electron chi connectivity index (χ4n) is 3.67. The summed E-state index contributed by atoms with van der Waals surface area (Å²) >= 11 is 0. The van der Waals surface area contributed by atoms with Crippen molar-refractivity contribution in [3.8, 4) is 16.9 Å². The van der Waals surface area contributed by atoms with Crippen molar-refractivity contribution in [1.82, 2.24) is 4.98 Å². The maximum atomic E-state index is 10.7. The van der Waals surface area contributed by atoms with E-state index in [0.717, 1.165) is 43.6 Å². The number of benzene rings is 4. The zero-order valence-corrected chi connectivity index (χ0v) is 13.5. The Hall–Kier alpha value is -3.39. The Morgan fingerprint density at radius 1 is 0.640 bits per heavy atom. The lowest BCUT2D eigenvalue weighted by molar-refractivity contribution is 0.478. The smallest absolute Gasteiger partial charge is 0.124 e. The largest absolute Gasteiger partial charge is 0.507 e. The molecule has 0 aliphatic carbocycles. The molecular formula is C23H15NO. The van der Waals surface area contributed by atoms with Crippen LogP contribution in [0.1, 0.15) is 0 Å². The van der Waals surface area contributed by atoms with Crippen LogP contribution in [0.3, 0.4) is 0 Å². The van der Waals surface area contributed by atoms with Gasteiger partial charge in [0, 0.05) is 22.5 Å². The fraction of sp³-hybridized carbons (Fsp3) is 0. The summed E-state index contributed by atoms with van der Waals surface area (Å²) in [6.07, 6.45) is 1.82. The number of aromatic hydroxyl groups is 1. The quantitative estimate of drug-likeness (QED) is 0.389. The number of hydrogen-bond donors (Lipinski definition) is 1. The van der Waals surface area contributed by atoms with Gasteiger partial charge in [-0.2, -0.15) is 0 Å². The fourth-order valence-corrected chi connectivity index (χ4v) is 3.67. The Morgan fingerprint density at radius 3 is 2.36 bits per heavy atom. The van der Waals surface area contributed by atoms with Crippen LogP contribution in [-0.4, -0.2) is 10.1 Å². The number of nitrogens with zero attached hydrogens (tertiary/aromatic N) is 1. The highest BCUT2D eigenvalue weighted by atomic mass is 16.3. The Labute approximate surface area is 145 Å². The summed E-state index contributed by atoms with van der Waals surface area (Å²) in [6, 6.07) is 26.3. The second kappa shape index (κ2) is 5.32. The first-order valence-electron chi connectivity index (χ1n) is 8.30. The molecule has 0 atom stereocenters. The molecule has 25 heavy (non-hydrogen) atoms. The molecule has 4 aromatic carbocycles. The molecule has 0 saturated carbocycles. The molecule has 1 aromatic heterocycles. The summed E-state index contributed by atoms with van der Waals surface area (Å²) in [5.74, 6) is 0.291. The zero-order chi connectivity index (χ0) is 16.8. The summed E-state index contributed by atoms with van der Waals surface area (Å²) in [7, 11) is 0. The molecule has 0 spiro atoms. The Bertz CT molecular complexity index is 1260. The molecule has 2 nitrogen and oxygen atoms in total. The van der Waals surface area contributed by atoms with Crippen LogP contribution in [0.5, 0.6) is 5.75 Å². The van der Waals surface area contributed by atoms with Gasteiger partial charge in [0.15, 0.2) is 0 Å². The highest BCUT2D eigenvalue weighted by Crippen LogP contribution is 2.41. The summed E-state index contributed by atoms with van der Waals surface area (Å²) in [5.41, 5.74) is 2.83. The molecule has 1 N–H and O–H groups in total. The van der Waals surface area contributed by atoms with Crippen LogP contribution in [0, 0.1) is 0 Å². The van der Waals surface area contributed by atoms with Gasteiger partial charge in [0.1, 0.15) is 5.75 Å². The molecule has 0 aliphatic heterocycles. The summed E-state index contributed by atoms with van der Waals surface area (Å²) in [4.78, 5) is 4.62. The van der Waals surface area contributed by atoms with E-state index < -0.39 is 0 Å². The minimum Gasteiger partial charge on any atom is -0.507 e. The van der Waals surface area contributed by atoms with E-state index in [9.17, 15) is 5.11 Å². The number of phenols is 1. The van der Waals surface area contributed by atoms with Crippen LogP contribution >= 0.6 is 0 Å². The maximum Gasteiger partial charge on any atom is 0.124 e. The molecule has 0 bridgehead atoms. The second-order valence-electron chi connectivity index (χ2n) is 6.23. The number of phenolic OH excluding ortho intramolecular Hbond substituents is 1. The van der Waals surface area contributed by atoms with Gasteiger partial charge in [-0.05, 0) is 33.9 Å². The lowest BCUT2D eigenvalue weighted by atomic mass is 9.92. The van der Waals surface area contributed by atoms with Gasteiger partial charge in [-0.3, -0.25) is 4.98 Å². The van der Waals surface area contributed by atoms with E-state index in [0.29, 0.717) is 5.75 Å². The van der Waals surface area contributed by atoms with E-state index in [1.165, 1.54) is 0 Å². The first-order valence-corrected chi connectivity index (χ1v) is 8.30. The third kappa shape index (κ3) is 2.08. The predicted octanol–water partition coefficient (Wildman–Crippen LogP) is 5.91. The lowest BCUT2D eigenvalue weighted by Gasteiger charge is -2.13. The van der Waals surface area contributed by atoms with Crippen LogP contribution < -0.4 is 0 Å². The lowest BCUT2D eigenvalue weighted by Crippen LogP contribution is -1.88. The number of rotatable bonds is 1. The number of hydrogen-bond acceptors (Lipinski definition) is 2. The van der Waals surface area contributed by atoms with Crippen molar-refractivity contribution in [3.63, 3.8) is 0 Å². The molecule has 0 saturated heterocycles. The van der Waals surface area contributed by atoms with Crippen molar-refractivity contribution in [1.29, 1.82) is 0 Å². The van der Waals surface area contributed by atoms with Crippen LogP contribution in [-0.2, 0) is 0 Å². The number of fused-ring (bicyclic) bond motifs is 4. The van der Waals surface area contributed by atoms with Crippen molar-refractivity contribution in [2.24, 2.45) is 0 Å². The summed E-state index contributed by atoms with van der Waals surface area (Å²) in [5, 5.41) is 16.1. The van der Waals surface area contributed by atoms with E-state index in [1.54, 1.807) is 6.07 Å². The molecule has 0 aliphatic rings. The van der Waals surface area contributed by atoms with E-state index >= 15 is 0 Å². The van der Waals surface area contributed by atoms with Crippen LogP contribution in [0.25, 0.3) is 43.6 Å². The summed E-state index contributed by atoms with van der Waals surface area (Å²) in [6.45, 7) is 0. The molecule has 5 rings (SSSR count). The SMILES string of the molecule is Oc1ccc2ccccc2c1-c1cccc2ccc3cccnc3c12. The van der Waals surface area contributed by atoms with Crippen molar-refractivity contribution < 1.29 is 5.11 Å². The Kier molecular flexibility index (Phi) is 2.98. The molecule has 0 unspecified atom stereocenters. The van der Waals surface area contributed by atoms with Gasteiger partial charge in [0.05, 0.1) is 5.52 Å². The number of pyridine rings is 1. The normalized spacial score (nSPS) is 11.4. The standard InChI is InChI=1S/C23H15NO/c25-20-13-12-15-5-1-2-8-18(15)22(20)19-9-3-6-16-10-11-17-7-4-14-24-23(17)21(16)19/h1-14,25H. The van der Waals surface area contributed by atoms with Crippen LogP contribution in [0.2, 0.25) is 0 Å². The maximum absolute atomic E-state index is 10.7. The van der Waals surface area contributed by atoms with E-state index in [4.69, 9.17) is 0 Å². The molecule has 0 radical (unpaired) electrons. The predicted molar refractivity (Wildman–Crippen MR) is 104 cm³/mol. The van der Waals surface area contributed by atoms with Crippen molar-refractivity contribution in [2.75, 3.05) is 0 Å². The molecule has 2 heteroatoms. The van der Waals surface area contributed by atoms with E-state index in [2.05, 4.69) is 47.4 Å². The average Bonchev–Trinajstić information content (AvgIpc) is 2.67. The monoisotopic (exact) mass is 321 g/mol. The van der Waals surface area contributed by atoms with Crippen molar-refractivity contribution in [2.45, 2.75) is 0 Å².